The maximum Gasteiger partial charge on any atom is 0.282 e. The smallest absolute Gasteiger partial charge is 0.282 e. The van der Waals surface area contributed by atoms with Crippen LogP contribution >= 0.6 is 0 Å². The van der Waals surface area contributed by atoms with Crippen LogP contribution in [0, 0.1) is 0 Å². The summed E-state index contributed by atoms with van der Waals surface area (Å²) in [7, 11) is 0. The van der Waals surface area contributed by atoms with E-state index in [1.807, 2.05) is 0 Å². The normalized spacial score (nSPS) is 11.1. The Bertz CT molecular complexity index is 1340. The number of benzene rings is 3. The molecule has 3 N–H and O–H groups in total. The number of primary amides is 1. The van der Waals surface area contributed by atoms with E-state index in [-0.39, 0.29) is 35.1 Å². The Morgan fingerprint density at radius 3 is 2.55 bits per heavy atom. The molecule has 4 aromatic rings. The van der Waals surface area contributed by atoms with Crippen LogP contribution in [-0.2, 0) is 6.61 Å². The van der Waals surface area contributed by atoms with Crippen molar-refractivity contribution in [1.29, 1.82) is 0 Å². The van der Waals surface area contributed by atoms with Gasteiger partial charge >= 0.3 is 0 Å². The molecule has 31 heavy (non-hydrogen) atoms. The van der Waals surface area contributed by atoms with Crippen LogP contribution in [0.2, 0.25) is 0 Å². The summed E-state index contributed by atoms with van der Waals surface area (Å²) >= 11 is 0. The molecule has 1 amide bonds. The number of nitrogens with zero attached hydrogens (tertiary/aromatic N) is 3. The number of aromatic nitrogens is 2. The van der Waals surface area contributed by atoms with Crippen LogP contribution < -0.4 is 16.0 Å². The van der Waals surface area contributed by atoms with Crippen molar-refractivity contribution in [3.8, 4) is 11.5 Å². The lowest BCUT2D eigenvalue weighted by Crippen LogP contribution is -2.24. The molecular formula is C23H18N4O4. The number of hydrogen-bond donors (Lipinski definition) is 2. The monoisotopic (exact) mass is 414 g/mol. The summed E-state index contributed by atoms with van der Waals surface area (Å²) in [5.74, 6) is 0.0400. The number of rotatable bonds is 6. The zero-order valence-electron chi connectivity index (χ0n) is 16.3. The summed E-state index contributed by atoms with van der Waals surface area (Å²) in [6.07, 6.45) is 1.48. The van der Waals surface area contributed by atoms with E-state index in [0.717, 1.165) is 4.68 Å². The molecule has 8 heteroatoms. The van der Waals surface area contributed by atoms with Crippen LogP contribution in [0.5, 0.6) is 11.5 Å². The van der Waals surface area contributed by atoms with Gasteiger partial charge in [0.25, 0.3) is 11.5 Å². The molecule has 0 fully saturated rings. The first-order valence-corrected chi connectivity index (χ1v) is 9.38. The molecule has 0 atom stereocenters. The molecule has 1 aromatic heterocycles. The van der Waals surface area contributed by atoms with Gasteiger partial charge in [-0.25, -0.2) is 4.98 Å². The highest BCUT2D eigenvalue weighted by molar-refractivity contribution is 5.95. The van der Waals surface area contributed by atoms with Crippen molar-refractivity contribution in [3.05, 3.63) is 100 Å². The maximum atomic E-state index is 13.1. The summed E-state index contributed by atoms with van der Waals surface area (Å²) in [6.45, 7) is -0.114. The van der Waals surface area contributed by atoms with Gasteiger partial charge in [-0.15, -0.1) is 0 Å². The first kappa shape index (κ1) is 19.8. The highest BCUT2D eigenvalue weighted by Gasteiger charge is 2.13. The summed E-state index contributed by atoms with van der Waals surface area (Å²) in [5.41, 5.74) is 6.46. The van der Waals surface area contributed by atoms with Gasteiger partial charge in [0.1, 0.15) is 18.1 Å². The van der Waals surface area contributed by atoms with Crippen LogP contribution in [0.1, 0.15) is 21.7 Å². The second kappa shape index (κ2) is 8.50. The topological polar surface area (TPSA) is 120 Å². The minimum Gasteiger partial charge on any atom is -0.508 e. The molecular weight excluding hydrogens is 396 g/mol. The third-order valence-electron chi connectivity index (χ3n) is 4.55. The van der Waals surface area contributed by atoms with Crippen LogP contribution in [0.3, 0.4) is 0 Å². The largest absolute Gasteiger partial charge is 0.508 e. The summed E-state index contributed by atoms with van der Waals surface area (Å²) in [5, 5.41) is 14.1. The van der Waals surface area contributed by atoms with Gasteiger partial charge in [-0.1, -0.05) is 24.3 Å². The van der Waals surface area contributed by atoms with Crippen molar-refractivity contribution >= 4 is 23.0 Å². The van der Waals surface area contributed by atoms with E-state index in [1.165, 1.54) is 18.3 Å². The van der Waals surface area contributed by atoms with Crippen molar-refractivity contribution in [2.24, 2.45) is 10.8 Å². The van der Waals surface area contributed by atoms with Crippen LogP contribution in [-0.4, -0.2) is 26.9 Å². The van der Waals surface area contributed by atoms with Gasteiger partial charge in [0.05, 0.1) is 22.7 Å². The minimum absolute atomic E-state index is 0.114. The number of nitrogens with two attached hydrogens (primary N) is 1. The van der Waals surface area contributed by atoms with Gasteiger partial charge in [0.2, 0.25) is 0 Å². The Hall–Kier alpha value is -4.46. The summed E-state index contributed by atoms with van der Waals surface area (Å²) in [4.78, 5) is 29.2. The van der Waals surface area contributed by atoms with Gasteiger partial charge in [-0.05, 0) is 54.1 Å². The number of fused-ring (bicyclic) bond motifs is 1. The highest BCUT2D eigenvalue weighted by atomic mass is 16.5. The maximum absolute atomic E-state index is 13.1. The number of para-hydroxylation sites is 2. The molecule has 0 saturated heterocycles. The molecule has 0 unspecified atom stereocenters. The number of aromatic hydroxyl groups is 1. The molecule has 154 valence electrons. The Labute approximate surface area is 176 Å². The Morgan fingerprint density at radius 2 is 1.77 bits per heavy atom. The number of hydrogen-bond acceptors (Lipinski definition) is 6. The molecule has 0 radical (unpaired) electrons. The fraction of sp³-hybridized carbons (Fsp3) is 0.0435. The first-order chi connectivity index (χ1) is 15.0. The predicted molar refractivity (Wildman–Crippen MR) is 116 cm³/mol. The zero-order valence-corrected chi connectivity index (χ0v) is 16.3. The Balaban J connectivity index is 1.75. The molecule has 0 aliphatic heterocycles. The molecule has 8 nitrogen and oxygen atoms in total. The predicted octanol–water partition coefficient (Wildman–Crippen LogP) is 2.66. The third kappa shape index (κ3) is 4.27. The van der Waals surface area contributed by atoms with Gasteiger partial charge in [0.15, 0.2) is 5.82 Å². The lowest BCUT2D eigenvalue weighted by Gasteiger charge is -2.12. The standard InChI is InChI=1S/C23H18N4O4/c24-22(29)18-6-2-4-8-20(18)31-14-21-26-19-7-3-1-5-17(19)23(30)27(21)25-13-15-9-11-16(28)12-10-15/h1-13,28H,14H2,(H2,24,29). The number of phenolic OH excluding ortho intramolecular Hbond substituents is 1. The second-order valence-corrected chi connectivity index (χ2v) is 6.65. The van der Waals surface area contributed by atoms with E-state index < -0.39 is 5.91 Å². The first-order valence-electron chi connectivity index (χ1n) is 9.38. The lowest BCUT2D eigenvalue weighted by molar-refractivity contribution is 0.0995. The fourth-order valence-electron chi connectivity index (χ4n) is 3.01. The number of carbonyl (C=O) groups is 1. The van der Waals surface area contributed by atoms with Gasteiger partial charge in [-0.3, -0.25) is 9.59 Å². The van der Waals surface area contributed by atoms with E-state index >= 15 is 0 Å². The SMILES string of the molecule is NC(=O)c1ccccc1OCc1nc2ccccc2c(=O)n1N=Cc1ccc(O)cc1. The number of ether oxygens (including phenoxy) is 1. The Kier molecular flexibility index (Phi) is 5.44. The molecule has 3 aromatic carbocycles. The van der Waals surface area contributed by atoms with Gasteiger partial charge < -0.3 is 15.6 Å². The quantitative estimate of drug-likeness (QED) is 0.470. The fourth-order valence-corrected chi connectivity index (χ4v) is 3.01. The van der Waals surface area contributed by atoms with Crippen molar-refractivity contribution in [2.75, 3.05) is 0 Å². The van der Waals surface area contributed by atoms with Gasteiger partial charge in [-0.2, -0.15) is 9.78 Å². The average Bonchev–Trinajstić information content (AvgIpc) is 2.78. The lowest BCUT2D eigenvalue weighted by atomic mass is 10.2. The minimum atomic E-state index is -0.621. The van der Waals surface area contributed by atoms with Crippen molar-refractivity contribution in [2.45, 2.75) is 6.61 Å². The number of carbonyl (C=O) groups excluding carboxylic acids is 1. The number of phenols is 1. The molecule has 0 saturated carbocycles. The van der Waals surface area contributed by atoms with Crippen LogP contribution in [0.25, 0.3) is 10.9 Å². The molecule has 0 spiro atoms. The molecule has 0 aliphatic carbocycles. The number of amides is 1. The van der Waals surface area contributed by atoms with E-state index in [4.69, 9.17) is 10.5 Å². The zero-order chi connectivity index (χ0) is 21.8. The summed E-state index contributed by atoms with van der Waals surface area (Å²) in [6, 6.07) is 19.9. The third-order valence-corrected chi connectivity index (χ3v) is 4.55. The van der Waals surface area contributed by atoms with Crippen molar-refractivity contribution in [1.82, 2.24) is 9.66 Å². The summed E-state index contributed by atoms with van der Waals surface area (Å²) < 4.78 is 6.92. The van der Waals surface area contributed by atoms with Crippen LogP contribution in [0.4, 0.5) is 0 Å². The molecule has 4 rings (SSSR count). The van der Waals surface area contributed by atoms with E-state index in [0.29, 0.717) is 16.5 Å². The van der Waals surface area contributed by atoms with Crippen LogP contribution in [0.15, 0.2) is 82.7 Å². The van der Waals surface area contributed by atoms with E-state index in [2.05, 4.69) is 10.1 Å². The second-order valence-electron chi connectivity index (χ2n) is 6.65. The Morgan fingerprint density at radius 1 is 1.06 bits per heavy atom. The molecule has 1 heterocycles. The van der Waals surface area contributed by atoms with Gasteiger partial charge in [0, 0.05) is 0 Å². The molecule has 0 aliphatic rings. The van der Waals surface area contributed by atoms with E-state index in [9.17, 15) is 14.7 Å². The average molecular weight is 414 g/mol. The van der Waals surface area contributed by atoms with Crippen molar-refractivity contribution in [3.63, 3.8) is 0 Å². The molecule has 0 bridgehead atoms. The van der Waals surface area contributed by atoms with E-state index in [1.54, 1.807) is 60.7 Å². The van der Waals surface area contributed by atoms with Crippen molar-refractivity contribution < 1.29 is 14.6 Å². The highest BCUT2D eigenvalue weighted by Crippen LogP contribution is 2.19.